The first-order chi connectivity index (χ1) is 12.2. The van der Waals surface area contributed by atoms with E-state index in [-0.39, 0.29) is 5.84 Å². The molecule has 0 fully saturated rings. The van der Waals surface area contributed by atoms with Crippen molar-refractivity contribution in [3.05, 3.63) is 64.4 Å². The second-order valence-electron chi connectivity index (χ2n) is 5.50. The summed E-state index contributed by atoms with van der Waals surface area (Å²) in [6.45, 7) is 0.492. The molecule has 5 nitrogen and oxygen atoms in total. The quantitative estimate of drug-likeness (QED) is 0.408. The summed E-state index contributed by atoms with van der Waals surface area (Å²) in [5, 5.41) is 14.6. The largest absolute Gasteiger partial charge is 0.489 e. The first-order valence-electron chi connectivity index (χ1n) is 7.56. The molecule has 124 valence electrons. The summed E-state index contributed by atoms with van der Waals surface area (Å²) in [6, 6.07) is 16.0. The number of fused-ring (bicyclic) bond motifs is 1. The highest BCUT2D eigenvalue weighted by Crippen LogP contribution is 2.29. The Morgan fingerprint density at radius 3 is 2.68 bits per heavy atom. The molecule has 0 spiro atoms. The highest BCUT2D eigenvalue weighted by molar-refractivity contribution is 7.20. The molecule has 0 amide bonds. The zero-order chi connectivity index (χ0) is 17.2. The van der Waals surface area contributed by atoms with Crippen LogP contribution in [-0.2, 0) is 6.61 Å². The van der Waals surface area contributed by atoms with Gasteiger partial charge in [0.25, 0.3) is 0 Å². The number of nitrogen functional groups attached to an aromatic ring is 1. The van der Waals surface area contributed by atoms with Gasteiger partial charge in [-0.3, -0.25) is 5.41 Å². The minimum atomic E-state index is 0.0964. The van der Waals surface area contributed by atoms with E-state index in [9.17, 15) is 0 Å². The summed E-state index contributed by atoms with van der Waals surface area (Å²) in [7, 11) is 0. The van der Waals surface area contributed by atoms with E-state index in [4.69, 9.17) is 15.9 Å². The van der Waals surface area contributed by atoms with Gasteiger partial charge in [-0.05, 0) is 46.7 Å². The molecule has 0 saturated carbocycles. The van der Waals surface area contributed by atoms with Crippen molar-refractivity contribution in [2.24, 2.45) is 5.73 Å². The molecule has 0 unspecified atom stereocenters. The van der Waals surface area contributed by atoms with Gasteiger partial charge < -0.3 is 10.5 Å². The Morgan fingerprint density at radius 1 is 1.12 bits per heavy atom. The number of nitrogens with two attached hydrogens (primary N) is 1. The van der Waals surface area contributed by atoms with Crippen LogP contribution in [-0.4, -0.2) is 15.4 Å². The Hall–Kier alpha value is -2.77. The molecule has 4 rings (SSSR count). The summed E-state index contributed by atoms with van der Waals surface area (Å²) < 4.78 is 10.8. The lowest BCUT2D eigenvalue weighted by molar-refractivity contribution is 0.306. The number of ether oxygens (including phenoxy) is 1. The maximum absolute atomic E-state index is 7.53. The third kappa shape index (κ3) is 3.38. The van der Waals surface area contributed by atoms with Crippen LogP contribution in [0.2, 0.25) is 0 Å². The van der Waals surface area contributed by atoms with Crippen molar-refractivity contribution in [3.8, 4) is 17.0 Å². The van der Waals surface area contributed by atoms with Gasteiger partial charge in [0, 0.05) is 15.6 Å². The second kappa shape index (κ2) is 6.62. The molecule has 0 saturated heterocycles. The van der Waals surface area contributed by atoms with Crippen molar-refractivity contribution in [1.29, 1.82) is 5.41 Å². The molecule has 2 aromatic carbocycles. The normalized spacial score (nSPS) is 10.9. The third-order valence-electron chi connectivity index (χ3n) is 3.77. The number of hydrogen-bond acceptors (Lipinski definition) is 6. The molecule has 2 heterocycles. The molecule has 0 atom stereocenters. The Morgan fingerprint density at radius 2 is 1.96 bits per heavy atom. The summed E-state index contributed by atoms with van der Waals surface area (Å²) in [6.07, 6.45) is 0. The van der Waals surface area contributed by atoms with E-state index in [1.165, 1.54) is 22.9 Å². The van der Waals surface area contributed by atoms with Crippen LogP contribution in [0.5, 0.6) is 5.75 Å². The molecular formula is C18H14N4OS2. The van der Waals surface area contributed by atoms with E-state index in [1.807, 2.05) is 53.9 Å². The second-order valence-corrected chi connectivity index (χ2v) is 7.19. The van der Waals surface area contributed by atoms with Gasteiger partial charge in [0.15, 0.2) is 0 Å². The minimum Gasteiger partial charge on any atom is -0.489 e. The Kier molecular flexibility index (Phi) is 4.17. The maximum atomic E-state index is 7.53. The van der Waals surface area contributed by atoms with E-state index in [0.29, 0.717) is 6.61 Å². The van der Waals surface area contributed by atoms with E-state index in [0.717, 1.165) is 37.5 Å². The van der Waals surface area contributed by atoms with Gasteiger partial charge in [0.2, 0.25) is 0 Å². The Balaban J connectivity index is 1.47. The lowest BCUT2D eigenvalue weighted by Crippen LogP contribution is -2.08. The summed E-state index contributed by atoms with van der Waals surface area (Å²) >= 11 is 2.84. The average Bonchev–Trinajstić information content (AvgIpc) is 3.29. The zero-order valence-electron chi connectivity index (χ0n) is 13.1. The third-order valence-corrected chi connectivity index (χ3v) is 5.41. The topological polar surface area (TPSA) is 84.9 Å². The number of nitrogens with one attached hydrogen (secondary N) is 1. The highest BCUT2D eigenvalue weighted by atomic mass is 32.1. The summed E-state index contributed by atoms with van der Waals surface area (Å²) in [4.78, 5) is 0.777. The molecule has 2 aromatic heterocycles. The zero-order valence-corrected chi connectivity index (χ0v) is 14.7. The SMILES string of the molecule is N=C(N)c1cc2ccc(OCc3ccc(-c4csnn4)cc3)cc2s1. The standard InChI is InChI=1S/C18H14N4OS2/c19-18(20)17-7-13-5-6-14(8-16(13)25-17)23-9-11-1-3-12(4-2-11)15-10-24-22-21-15/h1-8,10H,9H2,(H3,19,20). The van der Waals surface area contributed by atoms with Crippen LogP contribution in [0.25, 0.3) is 21.3 Å². The molecule has 0 aliphatic heterocycles. The van der Waals surface area contributed by atoms with Gasteiger partial charge in [-0.25, -0.2) is 0 Å². The summed E-state index contributed by atoms with van der Waals surface area (Å²) in [5.74, 6) is 0.899. The predicted molar refractivity (Wildman–Crippen MR) is 103 cm³/mol. The van der Waals surface area contributed by atoms with Crippen LogP contribution in [0.15, 0.2) is 53.9 Å². The molecule has 0 bridgehead atoms. The fourth-order valence-electron chi connectivity index (χ4n) is 2.46. The number of amidine groups is 1. The monoisotopic (exact) mass is 366 g/mol. The first kappa shape index (κ1) is 15.7. The minimum absolute atomic E-state index is 0.0964. The molecule has 4 aromatic rings. The van der Waals surface area contributed by atoms with Crippen LogP contribution in [0.3, 0.4) is 0 Å². The lowest BCUT2D eigenvalue weighted by atomic mass is 10.1. The number of rotatable bonds is 5. The van der Waals surface area contributed by atoms with E-state index < -0.39 is 0 Å². The number of hydrogen-bond donors (Lipinski definition) is 2. The van der Waals surface area contributed by atoms with E-state index >= 15 is 0 Å². The van der Waals surface area contributed by atoms with Crippen LogP contribution in [0.4, 0.5) is 0 Å². The van der Waals surface area contributed by atoms with Gasteiger partial charge in [-0.15, -0.1) is 16.4 Å². The molecule has 0 aliphatic carbocycles. The van der Waals surface area contributed by atoms with Crippen LogP contribution >= 0.6 is 22.9 Å². The van der Waals surface area contributed by atoms with Crippen LogP contribution < -0.4 is 10.5 Å². The Labute approximate surface area is 152 Å². The number of benzene rings is 2. The fraction of sp³-hybridized carbons (Fsp3) is 0.0556. The molecule has 7 heteroatoms. The molecule has 0 radical (unpaired) electrons. The van der Waals surface area contributed by atoms with Crippen molar-refractivity contribution in [1.82, 2.24) is 9.59 Å². The van der Waals surface area contributed by atoms with Gasteiger partial charge in [-0.1, -0.05) is 28.8 Å². The van der Waals surface area contributed by atoms with Gasteiger partial charge >= 0.3 is 0 Å². The molecule has 0 aliphatic rings. The van der Waals surface area contributed by atoms with Crippen molar-refractivity contribution in [2.75, 3.05) is 0 Å². The molecular weight excluding hydrogens is 352 g/mol. The Bertz CT molecular complexity index is 1020. The summed E-state index contributed by atoms with van der Waals surface area (Å²) in [5.41, 5.74) is 8.58. The van der Waals surface area contributed by atoms with E-state index in [1.54, 1.807) is 0 Å². The van der Waals surface area contributed by atoms with Crippen LogP contribution in [0, 0.1) is 5.41 Å². The fourth-order valence-corrected chi connectivity index (χ4v) is 3.88. The smallest absolute Gasteiger partial charge is 0.133 e. The number of nitrogens with zero attached hydrogens (tertiary/aromatic N) is 2. The lowest BCUT2D eigenvalue weighted by Gasteiger charge is -2.07. The first-order valence-corrected chi connectivity index (χ1v) is 9.21. The highest BCUT2D eigenvalue weighted by Gasteiger charge is 2.06. The average molecular weight is 366 g/mol. The van der Waals surface area contributed by atoms with Crippen molar-refractivity contribution >= 4 is 38.8 Å². The predicted octanol–water partition coefficient (Wildman–Crippen LogP) is 4.28. The maximum Gasteiger partial charge on any atom is 0.133 e. The van der Waals surface area contributed by atoms with Gasteiger partial charge in [0.05, 0.1) is 4.88 Å². The van der Waals surface area contributed by atoms with Gasteiger partial charge in [-0.2, -0.15) is 0 Å². The van der Waals surface area contributed by atoms with Crippen molar-refractivity contribution < 1.29 is 4.74 Å². The van der Waals surface area contributed by atoms with Crippen LogP contribution in [0.1, 0.15) is 10.4 Å². The molecule has 25 heavy (non-hydrogen) atoms. The number of aromatic nitrogens is 2. The van der Waals surface area contributed by atoms with Crippen molar-refractivity contribution in [3.63, 3.8) is 0 Å². The van der Waals surface area contributed by atoms with E-state index in [2.05, 4.69) is 9.59 Å². The van der Waals surface area contributed by atoms with Crippen molar-refractivity contribution in [2.45, 2.75) is 6.61 Å². The number of thiophene rings is 1. The van der Waals surface area contributed by atoms with Gasteiger partial charge in [0.1, 0.15) is 23.9 Å². The molecule has 3 N–H and O–H groups in total.